The summed E-state index contributed by atoms with van der Waals surface area (Å²) in [6.45, 7) is 1.69. The second-order valence-corrected chi connectivity index (χ2v) is 5.04. The van der Waals surface area contributed by atoms with Gasteiger partial charge in [-0.15, -0.1) is 5.10 Å². The second-order valence-electron chi connectivity index (χ2n) is 5.04. The molecule has 0 bridgehead atoms. The fourth-order valence-corrected chi connectivity index (χ4v) is 2.61. The van der Waals surface area contributed by atoms with E-state index in [1.807, 2.05) is 6.92 Å². The average molecular weight is 279 g/mol. The minimum Gasteiger partial charge on any atom is -0.394 e. The van der Waals surface area contributed by atoms with Gasteiger partial charge in [0.2, 0.25) is 5.95 Å². The molecule has 1 aliphatic heterocycles. The number of fused-ring (bicyclic) bond motifs is 1. The lowest BCUT2D eigenvalue weighted by Crippen LogP contribution is -2.24. The molecule has 8 heteroatoms. The van der Waals surface area contributed by atoms with Gasteiger partial charge < -0.3 is 26.4 Å². The van der Waals surface area contributed by atoms with Crippen LogP contribution in [0.2, 0.25) is 0 Å². The van der Waals surface area contributed by atoms with Gasteiger partial charge in [0.05, 0.1) is 24.5 Å². The first-order valence-corrected chi connectivity index (χ1v) is 6.38. The van der Waals surface area contributed by atoms with Crippen molar-refractivity contribution in [1.82, 2.24) is 14.6 Å². The van der Waals surface area contributed by atoms with Crippen molar-refractivity contribution in [2.75, 3.05) is 18.1 Å². The molecule has 0 saturated carbocycles. The maximum atomic E-state index is 10.3. The Labute approximate surface area is 115 Å². The van der Waals surface area contributed by atoms with Gasteiger partial charge in [-0.1, -0.05) is 6.92 Å². The van der Waals surface area contributed by atoms with Crippen molar-refractivity contribution in [3.05, 3.63) is 17.8 Å². The number of nitrogens with two attached hydrogens (primary N) is 2. The molecule has 6 N–H and O–H groups in total. The van der Waals surface area contributed by atoms with Crippen LogP contribution in [0.5, 0.6) is 0 Å². The van der Waals surface area contributed by atoms with E-state index in [9.17, 15) is 10.2 Å². The number of aliphatic hydroxyl groups is 2. The summed E-state index contributed by atoms with van der Waals surface area (Å²) < 4.78 is 7.23. The molecule has 1 saturated heterocycles. The maximum absolute atomic E-state index is 10.3. The molecule has 0 aromatic carbocycles. The van der Waals surface area contributed by atoms with E-state index in [1.165, 1.54) is 4.52 Å². The molecule has 2 aromatic rings. The molecule has 0 aliphatic carbocycles. The number of hydrogen-bond acceptors (Lipinski definition) is 7. The molecule has 20 heavy (non-hydrogen) atoms. The lowest BCUT2D eigenvalue weighted by molar-refractivity contribution is -0.0152. The van der Waals surface area contributed by atoms with Crippen LogP contribution in [-0.4, -0.2) is 43.6 Å². The summed E-state index contributed by atoms with van der Waals surface area (Å²) >= 11 is 0. The Morgan fingerprint density at radius 1 is 1.40 bits per heavy atom. The molecule has 0 radical (unpaired) electrons. The molecule has 108 valence electrons. The fourth-order valence-electron chi connectivity index (χ4n) is 2.61. The highest BCUT2D eigenvalue weighted by atomic mass is 16.5. The molecule has 4 atom stereocenters. The second kappa shape index (κ2) is 4.58. The molecule has 3 rings (SSSR count). The molecule has 0 spiro atoms. The maximum Gasteiger partial charge on any atom is 0.240 e. The van der Waals surface area contributed by atoms with Crippen LogP contribution in [-0.2, 0) is 4.74 Å². The van der Waals surface area contributed by atoms with Gasteiger partial charge in [0.15, 0.2) is 5.82 Å². The Kier molecular flexibility index (Phi) is 3.00. The first-order chi connectivity index (χ1) is 9.52. The van der Waals surface area contributed by atoms with Gasteiger partial charge in [-0.05, 0) is 12.1 Å². The van der Waals surface area contributed by atoms with Crippen molar-refractivity contribution in [1.29, 1.82) is 0 Å². The smallest absolute Gasteiger partial charge is 0.240 e. The largest absolute Gasteiger partial charge is 0.394 e. The molecule has 3 heterocycles. The van der Waals surface area contributed by atoms with Crippen molar-refractivity contribution >= 4 is 17.3 Å². The highest BCUT2D eigenvalue weighted by Crippen LogP contribution is 2.37. The third-order valence-corrected chi connectivity index (χ3v) is 3.81. The van der Waals surface area contributed by atoms with Crippen LogP contribution in [0.4, 0.5) is 11.8 Å². The Bertz CT molecular complexity index is 643. The van der Waals surface area contributed by atoms with Crippen LogP contribution in [0.1, 0.15) is 18.7 Å². The summed E-state index contributed by atoms with van der Waals surface area (Å²) in [5.74, 6) is 0.141. The lowest BCUT2D eigenvalue weighted by Gasteiger charge is -2.15. The number of hydrogen-bond donors (Lipinski definition) is 4. The van der Waals surface area contributed by atoms with E-state index in [0.717, 1.165) is 0 Å². The fraction of sp³-hybridized carbons (Fsp3) is 0.500. The SMILES string of the molecule is C[C@H]1[C@H](O)[C@H](c2ccc3c(N)nc(N)nn23)O[C@@H]1CO. The number of rotatable bonds is 2. The first kappa shape index (κ1) is 13.1. The van der Waals surface area contributed by atoms with E-state index in [4.69, 9.17) is 16.2 Å². The quantitative estimate of drug-likeness (QED) is 0.572. The number of anilines is 2. The Morgan fingerprint density at radius 2 is 2.15 bits per heavy atom. The summed E-state index contributed by atoms with van der Waals surface area (Å²) in [6, 6.07) is 3.51. The Hall–Kier alpha value is -1.90. The minimum absolute atomic E-state index is 0.0479. The minimum atomic E-state index is -0.734. The summed E-state index contributed by atoms with van der Waals surface area (Å²) in [5.41, 5.74) is 12.6. The molecule has 2 aromatic heterocycles. The Morgan fingerprint density at radius 3 is 2.80 bits per heavy atom. The van der Waals surface area contributed by atoms with E-state index in [1.54, 1.807) is 12.1 Å². The Balaban J connectivity index is 2.07. The molecule has 8 nitrogen and oxygen atoms in total. The first-order valence-electron chi connectivity index (χ1n) is 6.38. The average Bonchev–Trinajstić information content (AvgIpc) is 2.93. The summed E-state index contributed by atoms with van der Waals surface area (Å²) in [6.07, 6.45) is -1.72. The van der Waals surface area contributed by atoms with E-state index < -0.39 is 18.3 Å². The van der Waals surface area contributed by atoms with E-state index in [0.29, 0.717) is 11.2 Å². The van der Waals surface area contributed by atoms with Crippen LogP contribution in [0.25, 0.3) is 5.52 Å². The highest BCUT2D eigenvalue weighted by molar-refractivity contribution is 5.66. The van der Waals surface area contributed by atoms with E-state index >= 15 is 0 Å². The van der Waals surface area contributed by atoms with Gasteiger partial charge in [0.25, 0.3) is 0 Å². The molecule has 1 aliphatic rings. The van der Waals surface area contributed by atoms with Crippen LogP contribution in [0.3, 0.4) is 0 Å². The summed E-state index contributed by atoms with van der Waals surface area (Å²) in [7, 11) is 0. The molecular weight excluding hydrogens is 262 g/mol. The van der Waals surface area contributed by atoms with Gasteiger partial charge in [-0.3, -0.25) is 0 Å². The molecule has 0 amide bonds. The van der Waals surface area contributed by atoms with Crippen molar-refractivity contribution in [2.24, 2.45) is 5.92 Å². The molecule has 1 fully saturated rings. The number of nitrogens with zero attached hydrogens (tertiary/aromatic N) is 3. The van der Waals surface area contributed by atoms with Crippen LogP contribution < -0.4 is 11.5 Å². The number of aromatic nitrogens is 3. The van der Waals surface area contributed by atoms with E-state index in [2.05, 4.69) is 10.1 Å². The summed E-state index contributed by atoms with van der Waals surface area (Å²) in [4.78, 5) is 3.89. The summed E-state index contributed by atoms with van der Waals surface area (Å²) in [5, 5.41) is 23.6. The number of nitrogen functional groups attached to an aromatic ring is 2. The van der Waals surface area contributed by atoms with Gasteiger partial charge in [-0.2, -0.15) is 4.98 Å². The van der Waals surface area contributed by atoms with Gasteiger partial charge in [-0.25, -0.2) is 4.52 Å². The standard InChI is InChI=1S/C12H17N5O3/c1-5-8(4-18)20-10(9(5)19)6-2-3-7-11(13)15-12(14)16-17(6)7/h2-3,5,8-10,18-19H,4H2,1H3,(H4,13,14,15,16)/t5-,8-,9+,10+/m1/s1. The van der Waals surface area contributed by atoms with Crippen LogP contribution >= 0.6 is 0 Å². The monoisotopic (exact) mass is 279 g/mol. The zero-order valence-corrected chi connectivity index (χ0v) is 11.0. The normalized spacial score (nSPS) is 30.1. The van der Waals surface area contributed by atoms with Crippen LogP contribution in [0.15, 0.2) is 12.1 Å². The molecular formula is C12H17N5O3. The number of aliphatic hydroxyl groups excluding tert-OH is 2. The van der Waals surface area contributed by atoms with Gasteiger partial charge in [0.1, 0.15) is 11.6 Å². The highest BCUT2D eigenvalue weighted by Gasteiger charge is 2.42. The zero-order valence-electron chi connectivity index (χ0n) is 11.0. The van der Waals surface area contributed by atoms with Crippen molar-refractivity contribution in [3.8, 4) is 0 Å². The predicted octanol–water partition coefficient (Wildman–Crippen LogP) is -0.677. The van der Waals surface area contributed by atoms with Crippen molar-refractivity contribution in [3.63, 3.8) is 0 Å². The zero-order chi connectivity index (χ0) is 14.4. The third-order valence-electron chi connectivity index (χ3n) is 3.81. The van der Waals surface area contributed by atoms with Crippen molar-refractivity contribution < 1.29 is 14.9 Å². The third kappa shape index (κ3) is 1.80. The topological polar surface area (TPSA) is 132 Å². The van der Waals surface area contributed by atoms with Crippen molar-refractivity contribution in [2.45, 2.75) is 25.2 Å². The van der Waals surface area contributed by atoms with Gasteiger partial charge >= 0.3 is 0 Å². The van der Waals surface area contributed by atoms with Gasteiger partial charge in [0, 0.05) is 5.92 Å². The molecule has 0 unspecified atom stereocenters. The van der Waals surface area contributed by atoms with E-state index in [-0.39, 0.29) is 24.3 Å². The lowest BCUT2D eigenvalue weighted by atomic mass is 9.97. The predicted molar refractivity (Wildman–Crippen MR) is 71.7 cm³/mol. The van der Waals surface area contributed by atoms with Crippen LogP contribution in [0, 0.1) is 5.92 Å². The number of ether oxygens (including phenoxy) is 1.